The van der Waals surface area contributed by atoms with Crippen LogP contribution >= 0.6 is 15.9 Å². The summed E-state index contributed by atoms with van der Waals surface area (Å²) in [5.74, 6) is 1.11. The number of aliphatic hydroxyl groups excluding tert-OH is 1. The lowest BCUT2D eigenvalue weighted by Crippen LogP contribution is -2.11. The third kappa shape index (κ3) is 2.53. The molecule has 0 bridgehead atoms. The molecule has 0 saturated heterocycles. The first-order chi connectivity index (χ1) is 9.63. The Balaban J connectivity index is 2.53. The Labute approximate surface area is 126 Å². The Morgan fingerprint density at radius 1 is 1.35 bits per heavy atom. The van der Waals surface area contributed by atoms with Gasteiger partial charge in [-0.3, -0.25) is 4.68 Å². The summed E-state index contributed by atoms with van der Waals surface area (Å²) in [7, 11) is 3.13. The van der Waals surface area contributed by atoms with Gasteiger partial charge in [-0.25, -0.2) is 0 Å². The van der Waals surface area contributed by atoms with Crippen LogP contribution < -0.4 is 9.47 Å². The van der Waals surface area contributed by atoms with Gasteiger partial charge in [0.05, 0.1) is 30.6 Å². The van der Waals surface area contributed by atoms with E-state index in [0.29, 0.717) is 29.3 Å². The second-order valence-corrected chi connectivity index (χ2v) is 5.03. The predicted octanol–water partition coefficient (Wildman–Crippen LogP) is 2.76. The van der Waals surface area contributed by atoms with Gasteiger partial charge in [0.15, 0.2) is 11.5 Å². The van der Waals surface area contributed by atoms with Gasteiger partial charge in [0.1, 0.15) is 6.10 Å². The number of para-hydroxylation sites is 1. The van der Waals surface area contributed by atoms with E-state index >= 15 is 0 Å². The van der Waals surface area contributed by atoms with Crippen molar-refractivity contribution in [3.05, 3.63) is 40.1 Å². The summed E-state index contributed by atoms with van der Waals surface area (Å²) in [6, 6.07) is 5.42. The highest BCUT2D eigenvalue weighted by Gasteiger charge is 2.23. The highest BCUT2D eigenvalue weighted by atomic mass is 79.9. The van der Waals surface area contributed by atoms with Gasteiger partial charge in [0.2, 0.25) is 0 Å². The van der Waals surface area contributed by atoms with Crippen molar-refractivity contribution in [2.24, 2.45) is 0 Å². The van der Waals surface area contributed by atoms with E-state index in [4.69, 9.17) is 9.47 Å². The molecular formula is C14H17BrN2O3. The maximum atomic E-state index is 10.7. The van der Waals surface area contributed by atoms with Crippen molar-refractivity contribution in [3.8, 4) is 11.5 Å². The molecule has 1 N–H and O–H groups in total. The van der Waals surface area contributed by atoms with Crippen molar-refractivity contribution < 1.29 is 14.6 Å². The average molecular weight is 341 g/mol. The first-order valence-electron chi connectivity index (χ1n) is 6.24. The number of hydrogen-bond acceptors (Lipinski definition) is 4. The predicted molar refractivity (Wildman–Crippen MR) is 79.2 cm³/mol. The van der Waals surface area contributed by atoms with Gasteiger partial charge < -0.3 is 14.6 Å². The fraction of sp³-hybridized carbons (Fsp3) is 0.357. The number of ether oxygens (including phenoxy) is 2. The van der Waals surface area contributed by atoms with Crippen LogP contribution in [0, 0.1) is 0 Å². The molecule has 0 spiro atoms. The van der Waals surface area contributed by atoms with Gasteiger partial charge in [0, 0.05) is 12.1 Å². The second-order valence-electron chi connectivity index (χ2n) is 4.18. The minimum Gasteiger partial charge on any atom is -0.493 e. The molecule has 0 radical (unpaired) electrons. The maximum absolute atomic E-state index is 10.7. The van der Waals surface area contributed by atoms with E-state index in [2.05, 4.69) is 21.0 Å². The van der Waals surface area contributed by atoms with E-state index in [0.717, 1.165) is 4.47 Å². The summed E-state index contributed by atoms with van der Waals surface area (Å²) in [6.07, 6.45) is 0.825. The van der Waals surface area contributed by atoms with Gasteiger partial charge >= 0.3 is 0 Å². The molecule has 0 amide bonds. The molecule has 6 heteroatoms. The number of rotatable bonds is 5. The standard InChI is InChI=1S/C14H17BrN2O3/c1-4-17-12(10(15)8-16-17)13(18)9-6-5-7-11(19-2)14(9)20-3/h5-8,13,18H,4H2,1-3H3. The molecule has 0 aliphatic rings. The Morgan fingerprint density at radius 2 is 2.10 bits per heavy atom. The number of halogens is 1. The quantitative estimate of drug-likeness (QED) is 0.909. The van der Waals surface area contributed by atoms with E-state index in [1.54, 1.807) is 31.2 Å². The lowest BCUT2D eigenvalue weighted by atomic mass is 10.0. The topological polar surface area (TPSA) is 56.5 Å². The monoisotopic (exact) mass is 340 g/mol. The summed E-state index contributed by atoms with van der Waals surface area (Å²) in [5, 5.41) is 14.9. The van der Waals surface area contributed by atoms with Gasteiger partial charge in [-0.15, -0.1) is 0 Å². The van der Waals surface area contributed by atoms with Crippen molar-refractivity contribution in [1.82, 2.24) is 9.78 Å². The number of benzene rings is 1. The molecule has 1 heterocycles. The average Bonchev–Trinajstić information content (AvgIpc) is 2.86. The van der Waals surface area contributed by atoms with E-state index in [1.165, 1.54) is 0 Å². The number of aromatic nitrogens is 2. The van der Waals surface area contributed by atoms with Gasteiger partial charge in [-0.2, -0.15) is 5.10 Å². The van der Waals surface area contributed by atoms with E-state index in [-0.39, 0.29) is 0 Å². The Bertz CT molecular complexity index is 598. The molecule has 20 heavy (non-hydrogen) atoms. The summed E-state index contributed by atoms with van der Waals surface area (Å²) < 4.78 is 13.1. The van der Waals surface area contributed by atoms with Crippen LogP contribution in [0.2, 0.25) is 0 Å². The molecule has 0 fully saturated rings. The number of aliphatic hydroxyl groups is 1. The third-order valence-electron chi connectivity index (χ3n) is 3.12. The second kappa shape index (κ2) is 6.28. The van der Waals surface area contributed by atoms with Crippen LogP contribution in [0.25, 0.3) is 0 Å². The molecule has 0 aliphatic carbocycles. The molecular weight excluding hydrogens is 324 g/mol. The molecule has 1 unspecified atom stereocenters. The normalized spacial score (nSPS) is 12.2. The SMILES string of the molecule is CCn1ncc(Br)c1C(O)c1cccc(OC)c1OC. The van der Waals surface area contributed by atoms with Crippen LogP contribution in [0.3, 0.4) is 0 Å². The Kier molecular flexibility index (Phi) is 4.67. The summed E-state index contributed by atoms with van der Waals surface area (Å²) in [4.78, 5) is 0. The lowest BCUT2D eigenvalue weighted by Gasteiger charge is -2.18. The van der Waals surface area contributed by atoms with Gasteiger partial charge in [-0.1, -0.05) is 12.1 Å². The minimum absolute atomic E-state index is 0.526. The fourth-order valence-electron chi connectivity index (χ4n) is 2.17. The van der Waals surface area contributed by atoms with Crippen molar-refractivity contribution in [2.75, 3.05) is 14.2 Å². The molecule has 108 valence electrons. The van der Waals surface area contributed by atoms with Crippen LogP contribution in [-0.2, 0) is 6.54 Å². The van der Waals surface area contributed by atoms with Crippen molar-refractivity contribution in [3.63, 3.8) is 0 Å². The first kappa shape index (κ1) is 14.9. The molecule has 1 aromatic carbocycles. The van der Waals surface area contributed by atoms with Crippen LogP contribution in [0.15, 0.2) is 28.9 Å². The number of hydrogen-bond donors (Lipinski definition) is 1. The van der Waals surface area contributed by atoms with Crippen LogP contribution in [0.5, 0.6) is 11.5 Å². The largest absolute Gasteiger partial charge is 0.493 e. The van der Waals surface area contributed by atoms with Crippen molar-refractivity contribution in [1.29, 1.82) is 0 Å². The van der Waals surface area contributed by atoms with Gasteiger partial charge in [0.25, 0.3) is 0 Å². The molecule has 5 nitrogen and oxygen atoms in total. The molecule has 1 atom stereocenters. The van der Waals surface area contributed by atoms with Crippen molar-refractivity contribution >= 4 is 15.9 Å². The zero-order valence-electron chi connectivity index (χ0n) is 11.6. The maximum Gasteiger partial charge on any atom is 0.166 e. The first-order valence-corrected chi connectivity index (χ1v) is 7.03. The highest BCUT2D eigenvalue weighted by molar-refractivity contribution is 9.10. The van der Waals surface area contributed by atoms with Crippen LogP contribution in [-0.4, -0.2) is 29.1 Å². The molecule has 0 aliphatic heterocycles. The number of nitrogens with zero attached hydrogens (tertiary/aromatic N) is 2. The van der Waals surface area contributed by atoms with Gasteiger partial charge in [-0.05, 0) is 28.9 Å². The fourth-order valence-corrected chi connectivity index (χ4v) is 2.68. The van der Waals surface area contributed by atoms with E-state index in [1.807, 2.05) is 19.1 Å². The zero-order chi connectivity index (χ0) is 14.7. The Hall–Kier alpha value is -1.53. The Morgan fingerprint density at radius 3 is 2.70 bits per heavy atom. The number of aryl methyl sites for hydroxylation is 1. The summed E-state index contributed by atoms with van der Waals surface area (Å²) in [5.41, 5.74) is 1.34. The van der Waals surface area contributed by atoms with E-state index < -0.39 is 6.10 Å². The smallest absolute Gasteiger partial charge is 0.166 e. The molecule has 2 rings (SSSR count). The third-order valence-corrected chi connectivity index (χ3v) is 3.73. The minimum atomic E-state index is -0.850. The molecule has 2 aromatic rings. The molecule has 0 saturated carbocycles. The van der Waals surface area contributed by atoms with Crippen LogP contribution in [0.4, 0.5) is 0 Å². The summed E-state index contributed by atoms with van der Waals surface area (Å²) >= 11 is 3.42. The van der Waals surface area contributed by atoms with Crippen LogP contribution in [0.1, 0.15) is 24.3 Å². The van der Waals surface area contributed by atoms with E-state index in [9.17, 15) is 5.11 Å². The number of methoxy groups -OCH3 is 2. The molecule has 1 aromatic heterocycles. The highest BCUT2D eigenvalue weighted by Crippen LogP contribution is 2.38. The summed E-state index contributed by atoms with van der Waals surface area (Å²) in [6.45, 7) is 2.64. The van der Waals surface area contributed by atoms with Crippen molar-refractivity contribution in [2.45, 2.75) is 19.6 Å². The lowest BCUT2D eigenvalue weighted by molar-refractivity contribution is 0.200. The zero-order valence-corrected chi connectivity index (χ0v) is 13.2.